The van der Waals surface area contributed by atoms with Crippen molar-refractivity contribution in [1.82, 2.24) is 5.32 Å². The fourth-order valence-electron chi connectivity index (χ4n) is 1.92. The van der Waals surface area contributed by atoms with Gasteiger partial charge in [0.15, 0.2) is 0 Å². The van der Waals surface area contributed by atoms with Crippen molar-refractivity contribution in [3.8, 4) is 0 Å². The molecule has 0 aromatic heterocycles. The Hall–Kier alpha value is -1.11. The number of aliphatic hydroxyl groups is 1. The summed E-state index contributed by atoms with van der Waals surface area (Å²) in [5.74, 6) is 0. The molecular weight excluding hydrogens is 362 g/mol. The molecule has 3 atom stereocenters. The highest BCUT2D eigenvalue weighted by molar-refractivity contribution is 9.09. The van der Waals surface area contributed by atoms with Gasteiger partial charge in [0.05, 0.1) is 30.2 Å². The molecular formula is C17H26BrNO4. The van der Waals surface area contributed by atoms with Crippen LogP contribution in [0.3, 0.4) is 0 Å². The fourth-order valence-corrected chi connectivity index (χ4v) is 2.68. The first-order valence-corrected chi connectivity index (χ1v) is 8.54. The van der Waals surface area contributed by atoms with Crippen LogP contribution in [0.4, 0.5) is 4.79 Å². The van der Waals surface area contributed by atoms with E-state index < -0.39 is 23.8 Å². The number of alkyl halides is 1. The van der Waals surface area contributed by atoms with Crippen molar-refractivity contribution < 1.29 is 19.4 Å². The Morgan fingerprint density at radius 1 is 1.30 bits per heavy atom. The van der Waals surface area contributed by atoms with Gasteiger partial charge in [0, 0.05) is 0 Å². The van der Waals surface area contributed by atoms with E-state index in [4.69, 9.17) is 9.47 Å². The average molecular weight is 388 g/mol. The van der Waals surface area contributed by atoms with Crippen LogP contribution in [0, 0.1) is 0 Å². The van der Waals surface area contributed by atoms with Crippen molar-refractivity contribution in [1.29, 1.82) is 0 Å². The second kappa shape index (κ2) is 9.25. The molecule has 0 saturated carbocycles. The number of nitrogens with one attached hydrogen (secondary N) is 1. The van der Waals surface area contributed by atoms with Gasteiger partial charge in [-0.1, -0.05) is 46.3 Å². The molecule has 0 radical (unpaired) electrons. The number of hydrogen-bond donors (Lipinski definition) is 2. The number of ether oxygens (including phenoxy) is 2. The Morgan fingerprint density at radius 3 is 2.43 bits per heavy atom. The standard InChI is InChI=1S/C17H26BrNO4/c1-12(20)15(19-16(21)23-17(2,3)4)14(18)11-22-10-13-8-6-5-7-9-13/h5-9,12,14-15,20H,10-11H2,1-4H3,(H,19,21)/t12?,14-,15+/m1/s1. The molecule has 5 nitrogen and oxygen atoms in total. The van der Waals surface area contributed by atoms with Gasteiger partial charge in [-0.3, -0.25) is 0 Å². The maximum Gasteiger partial charge on any atom is 0.408 e. The van der Waals surface area contributed by atoms with E-state index in [1.165, 1.54) is 0 Å². The molecule has 0 heterocycles. The van der Waals surface area contributed by atoms with E-state index in [1.54, 1.807) is 27.7 Å². The average Bonchev–Trinajstić information content (AvgIpc) is 2.43. The lowest BCUT2D eigenvalue weighted by Crippen LogP contribution is -2.50. The molecule has 1 amide bonds. The van der Waals surface area contributed by atoms with Gasteiger partial charge in [-0.05, 0) is 33.3 Å². The first kappa shape index (κ1) is 19.9. The van der Waals surface area contributed by atoms with Crippen molar-refractivity contribution in [2.45, 2.75) is 56.9 Å². The van der Waals surface area contributed by atoms with Crippen LogP contribution in [0.25, 0.3) is 0 Å². The number of alkyl carbamates (subject to hydrolysis) is 1. The molecule has 1 aromatic rings. The number of carbonyl (C=O) groups is 1. The third-order valence-electron chi connectivity index (χ3n) is 2.98. The van der Waals surface area contributed by atoms with E-state index in [-0.39, 0.29) is 4.83 Å². The van der Waals surface area contributed by atoms with Gasteiger partial charge in [-0.15, -0.1) is 0 Å². The number of rotatable bonds is 7. The molecule has 1 aromatic carbocycles. The van der Waals surface area contributed by atoms with Crippen LogP contribution in [-0.2, 0) is 16.1 Å². The summed E-state index contributed by atoms with van der Waals surface area (Å²) in [6.45, 7) is 7.81. The molecule has 0 bridgehead atoms. The normalized spacial score (nSPS) is 15.6. The van der Waals surface area contributed by atoms with E-state index in [0.717, 1.165) is 5.56 Å². The highest BCUT2D eigenvalue weighted by Crippen LogP contribution is 2.14. The first-order valence-electron chi connectivity index (χ1n) is 7.62. The topological polar surface area (TPSA) is 67.8 Å². The van der Waals surface area contributed by atoms with E-state index >= 15 is 0 Å². The zero-order valence-corrected chi connectivity index (χ0v) is 15.7. The van der Waals surface area contributed by atoms with Crippen molar-refractivity contribution >= 4 is 22.0 Å². The zero-order chi connectivity index (χ0) is 17.5. The molecule has 130 valence electrons. The van der Waals surface area contributed by atoms with Gasteiger partial charge in [0.25, 0.3) is 0 Å². The summed E-state index contributed by atoms with van der Waals surface area (Å²) in [5, 5.41) is 12.6. The quantitative estimate of drug-likeness (QED) is 0.704. The number of carbonyl (C=O) groups excluding carboxylic acids is 1. The molecule has 0 fully saturated rings. The van der Waals surface area contributed by atoms with Gasteiger partial charge >= 0.3 is 6.09 Å². The SMILES string of the molecule is CC(O)[C@H](NC(=O)OC(C)(C)C)[C@H](Br)COCc1ccccc1. The molecule has 6 heteroatoms. The highest BCUT2D eigenvalue weighted by Gasteiger charge is 2.28. The number of halogens is 1. The van der Waals surface area contributed by atoms with Crippen molar-refractivity contribution in [3.05, 3.63) is 35.9 Å². The minimum absolute atomic E-state index is 0.237. The first-order chi connectivity index (χ1) is 10.7. The Kier molecular flexibility index (Phi) is 8.02. The van der Waals surface area contributed by atoms with Crippen molar-refractivity contribution in [3.63, 3.8) is 0 Å². The van der Waals surface area contributed by atoms with E-state index in [0.29, 0.717) is 13.2 Å². The van der Waals surface area contributed by atoms with Crippen LogP contribution < -0.4 is 5.32 Å². The predicted octanol–water partition coefficient (Wildman–Crippen LogP) is 3.24. The lowest BCUT2D eigenvalue weighted by molar-refractivity contribution is 0.0396. The van der Waals surface area contributed by atoms with Crippen LogP contribution in [0.5, 0.6) is 0 Å². The summed E-state index contributed by atoms with van der Waals surface area (Å²) in [7, 11) is 0. The van der Waals surface area contributed by atoms with Crippen molar-refractivity contribution in [2.75, 3.05) is 6.61 Å². The summed E-state index contributed by atoms with van der Waals surface area (Å²) in [5.41, 5.74) is 0.486. The Labute approximate surface area is 146 Å². The molecule has 0 saturated heterocycles. The minimum Gasteiger partial charge on any atom is -0.444 e. The predicted molar refractivity (Wildman–Crippen MR) is 93.7 cm³/mol. The zero-order valence-electron chi connectivity index (χ0n) is 14.1. The van der Waals surface area contributed by atoms with Gasteiger partial charge < -0.3 is 19.9 Å². The summed E-state index contributed by atoms with van der Waals surface area (Å²) < 4.78 is 10.9. The van der Waals surface area contributed by atoms with Crippen LogP contribution >= 0.6 is 15.9 Å². The van der Waals surface area contributed by atoms with E-state index in [1.807, 2.05) is 30.3 Å². The summed E-state index contributed by atoms with van der Waals surface area (Å²) in [4.78, 5) is 11.6. The number of aliphatic hydroxyl groups excluding tert-OH is 1. The van der Waals surface area contributed by atoms with Crippen LogP contribution in [0.15, 0.2) is 30.3 Å². The molecule has 0 spiro atoms. The maximum atomic E-state index is 11.9. The third kappa shape index (κ3) is 8.34. The molecule has 1 unspecified atom stereocenters. The summed E-state index contributed by atoms with van der Waals surface area (Å²) in [6, 6.07) is 9.30. The van der Waals surface area contributed by atoms with E-state index in [2.05, 4.69) is 21.2 Å². The molecule has 0 aliphatic carbocycles. The maximum absolute atomic E-state index is 11.9. The van der Waals surface area contributed by atoms with E-state index in [9.17, 15) is 9.90 Å². The molecule has 0 aliphatic rings. The monoisotopic (exact) mass is 387 g/mol. The Morgan fingerprint density at radius 2 is 1.91 bits per heavy atom. The Balaban J connectivity index is 2.47. The number of hydrogen-bond acceptors (Lipinski definition) is 4. The number of benzene rings is 1. The summed E-state index contributed by atoms with van der Waals surface area (Å²) >= 11 is 3.47. The summed E-state index contributed by atoms with van der Waals surface area (Å²) in [6.07, 6.45) is -1.30. The minimum atomic E-state index is -0.743. The fraction of sp³-hybridized carbons (Fsp3) is 0.588. The van der Waals surface area contributed by atoms with Gasteiger partial charge in [0.1, 0.15) is 5.60 Å². The van der Waals surface area contributed by atoms with Gasteiger partial charge in [0.2, 0.25) is 0 Å². The van der Waals surface area contributed by atoms with Gasteiger partial charge in [-0.25, -0.2) is 4.79 Å². The molecule has 2 N–H and O–H groups in total. The molecule has 1 rings (SSSR count). The lowest BCUT2D eigenvalue weighted by Gasteiger charge is -2.28. The third-order valence-corrected chi connectivity index (χ3v) is 3.82. The lowest BCUT2D eigenvalue weighted by atomic mass is 10.1. The van der Waals surface area contributed by atoms with Gasteiger partial charge in [-0.2, -0.15) is 0 Å². The largest absolute Gasteiger partial charge is 0.444 e. The molecule has 0 aliphatic heterocycles. The smallest absolute Gasteiger partial charge is 0.408 e. The second-order valence-corrected chi connectivity index (χ2v) is 7.61. The highest BCUT2D eigenvalue weighted by atomic mass is 79.9. The number of amides is 1. The van der Waals surface area contributed by atoms with Crippen LogP contribution in [0.2, 0.25) is 0 Å². The van der Waals surface area contributed by atoms with Crippen molar-refractivity contribution in [2.24, 2.45) is 0 Å². The Bertz CT molecular complexity index is 473. The van der Waals surface area contributed by atoms with Crippen LogP contribution in [0.1, 0.15) is 33.3 Å². The van der Waals surface area contributed by atoms with Crippen LogP contribution in [-0.4, -0.2) is 40.4 Å². The molecule has 23 heavy (non-hydrogen) atoms. The second-order valence-electron chi connectivity index (χ2n) is 6.43.